The molecule has 2 amide bonds. The summed E-state index contributed by atoms with van der Waals surface area (Å²) in [5, 5.41) is 2.79. The molecule has 2 heterocycles. The Bertz CT molecular complexity index is 602. The summed E-state index contributed by atoms with van der Waals surface area (Å²) in [4.78, 5) is 28.3. The molecule has 0 spiro atoms. The molecule has 0 aromatic heterocycles. The lowest BCUT2D eigenvalue weighted by molar-refractivity contribution is -0.132. The van der Waals surface area contributed by atoms with Gasteiger partial charge in [-0.25, -0.2) is 0 Å². The molecule has 1 aromatic carbocycles. The van der Waals surface area contributed by atoms with Gasteiger partial charge >= 0.3 is 0 Å². The maximum absolute atomic E-state index is 12.2. The Morgan fingerprint density at radius 1 is 1.17 bits per heavy atom. The van der Waals surface area contributed by atoms with Gasteiger partial charge in [0.25, 0.3) is 0 Å². The van der Waals surface area contributed by atoms with Crippen molar-refractivity contribution in [3.05, 3.63) is 34.3 Å². The quantitative estimate of drug-likeness (QED) is 0.834. The van der Waals surface area contributed by atoms with Gasteiger partial charge in [0.15, 0.2) is 0 Å². The van der Waals surface area contributed by atoms with Crippen LogP contribution in [0.2, 0.25) is 0 Å². The van der Waals surface area contributed by atoms with E-state index in [-0.39, 0.29) is 24.4 Å². The summed E-state index contributed by atoms with van der Waals surface area (Å²) in [6, 6.07) is 8.56. The van der Waals surface area contributed by atoms with Gasteiger partial charge in [-0.05, 0) is 49.9 Å². The van der Waals surface area contributed by atoms with E-state index in [1.165, 1.54) is 5.56 Å². The van der Waals surface area contributed by atoms with E-state index in [0.717, 1.165) is 49.8 Å². The molecule has 3 rings (SSSR count). The first-order valence-electron chi connectivity index (χ1n) is 8.67. The zero-order chi connectivity index (χ0) is 16.9. The van der Waals surface area contributed by atoms with E-state index in [1.54, 1.807) is 0 Å². The van der Waals surface area contributed by atoms with Crippen LogP contribution in [-0.4, -0.2) is 54.3 Å². The average molecular weight is 394 g/mol. The van der Waals surface area contributed by atoms with Crippen LogP contribution in [0.5, 0.6) is 0 Å². The Labute approximate surface area is 151 Å². The minimum Gasteiger partial charge on any atom is -0.346 e. The van der Waals surface area contributed by atoms with Crippen molar-refractivity contribution >= 4 is 27.7 Å². The van der Waals surface area contributed by atoms with E-state index in [2.05, 4.69) is 38.3 Å². The van der Waals surface area contributed by atoms with Crippen molar-refractivity contribution in [3.63, 3.8) is 0 Å². The highest BCUT2D eigenvalue weighted by Gasteiger charge is 2.28. The van der Waals surface area contributed by atoms with E-state index in [4.69, 9.17) is 0 Å². The molecule has 0 aliphatic carbocycles. The van der Waals surface area contributed by atoms with Crippen LogP contribution in [0.1, 0.15) is 37.3 Å². The fraction of sp³-hybridized carbons (Fsp3) is 0.556. The molecular weight excluding hydrogens is 370 g/mol. The standard InChI is InChI=1S/C18H24BrN3O2/c19-15-6-3-5-14(11-15)16-7-4-10-22(16)13-17(23)20-12-18(24)21-8-1-2-9-21/h3,5-6,11,16H,1-2,4,7-10,12-13H2,(H,20,23). The number of nitrogens with one attached hydrogen (secondary N) is 1. The summed E-state index contributed by atoms with van der Waals surface area (Å²) in [7, 11) is 0. The molecule has 2 aliphatic heterocycles. The fourth-order valence-electron chi connectivity index (χ4n) is 3.60. The molecule has 0 radical (unpaired) electrons. The van der Waals surface area contributed by atoms with Crippen molar-refractivity contribution in [2.75, 3.05) is 32.7 Å². The highest BCUT2D eigenvalue weighted by Crippen LogP contribution is 2.32. The topological polar surface area (TPSA) is 52.7 Å². The van der Waals surface area contributed by atoms with E-state index in [1.807, 2.05) is 17.0 Å². The Morgan fingerprint density at radius 2 is 1.96 bits per heavy atom. The molecule has 1 aromatic rings. The van der Waals surface area contributed by atoms with Crippen molar-refractivity contribution < 1.29 is 9.59 Å². The van der Waals surface area contributed by atoms with Crippen molar-refractivity contribution in [1.29, 1.82) is 0 Å². The SMILES string of the molecule is O=C(CN1CCCC1c1cccc(Br)c1)NCC(=O)N1CCCC1. The first kappa shape index (κ1) is 17.4. The Morgan fingerprint density at radius 3 is 2.71 bits per heavy atom. The van der Waals surface area contributed by atoms with Gasteiger partial charge in [0, 0.05) is 23.6 Å². The predicted molar refractivity (Wildman–Crippen MR) is 96.5 cm³/mol. The second-order valence-electron chi connectivity index (χ2n) is 6.55. The number of hydrogen-bond acceptors (Lipinski definition) is 3. The largest absolute Gasteiger partial charge is 0.346 e. The Kier molecular flexibility index (Phi) is 5.89. The summed E-state index contributed by atoms with van der Waals surface area (Å²) >= 11 is 3.51. The van der Waals surface area contributed by atoms with Crippen LogP contribution in [0.25, 0.3) is 0 Å². The smallest absolute Gasteiger partial charge is 0.241 e. The van der Waals surface area contributed by atoms with Crippen LogP contribution in [0, 0.1) is 0 Å². The monoisotopic (exact) mass is 393 g/mol. The number of halogens is 1. The van der Waals surface area contributed by atoms with E-state index >= 15 is 0 Å². The van der Waals surface area contributed by atoms with Gasteiger partial charge in [0.2, 0.25) is 11.8 Å². The van der Waals surface area contributed by atoms with E-state index in [0.29, 0.717) is 6.54 Å². The molecule has 1 atom stereocenters. The van der Waals surface area contributed by atoms with Gasteiger partial charge in [-0.2, -0.15) is 0 Å². The summed E-state index contributed by atoms with van der Waals surface area (Å²) in [5.74, 6) is -0.0322. The highest BCUT2D eigenvalue weighted by atomic mass is 79.9. The summed E-state index contributed by atoms with van der Waals surface area (Å²) in [6.45, 7) is 3.04. The van der Waals surface area contributed by atoms with Crippen LogP contribution < -0.4 is 5.32 Å². The third-order valence-corrected chi connectivity index (χ3v) is 5.33. The normalized spacial score (nSPS) is 21.2. The molecular formula is C18H24BrN3O2. The maximum Gasteiger partial charge on any atom is 0.241 e. The van der Waals surface area contributed by atoms with Crippen LogP contribution >= 0.6 is 15.9 Å². The molecule has 2 saturated heterocycles. The molecule has 0 bridgehead atoms. The zero-order valence-corrected chi connectivity index (χ0v) is 15.4. The van der Waals surface area contributed by atoms with Crippen LogP contribution in [0.4, 0.5) is 0 Å². The van der Waals surface area contributed by atoms with Crippen LogP contribution in [0.3, 0.4) is 0 Å². The lowest BCUT2D eigenvalue weighted by Crippen LogP contribution is -2.42. The number of nitrogens with zero attached hydrogens (tertiary/aromatic N) is 2. The highest BCUT2D eigenvalue weighted by molar-refractivity contribution is 9.10. The number of rotatable bonds is 5. The Balaban J connectivity index is 1.50. The Hall–Kier alpha value is -1.40. The van der Waals surface area contributed by atoms with Gasteiger partial charge in [0.1, 0.15) is 0 Å². The molecule has 1 unspecified atom stereocenters. The first-order chi connectivity index (χ1) is 11.6. The van der Waals surface area contributed by atoms with Gasteiger partial charge in [-0.3, -0.25) is 14.5 Å². The van der Waals surface area contributed by atoms with Crippen molar-refractivity contribution in [3.8, 4) is 0 Å². The number of carbonyl (C=O) groups excluding carboxylic acids is 2. The lowest BCUT2D eigenvalue weighted by atomic mass is 10.0. The van der Waals surface area contributed by atoms with Gasteiger partial charge in [0.05, 0.1) is 13.1 Å². The molecule has 5 nitrogen and oxygen atoms in total. The van der Waals surface area contributed by atoms with Gasteiger partial charge < -0.3 is 10.2 Å². The third-order valence-electron chi connectivity index (χ3n) is 4.84. The fourth-order valence-corrected chi connectivity index (χ4v) is 4.02. The van der Waals surface area contributed by atoms with E-state index in [9.17, 15) is 9.59 Å². The second-order valence-corrected chi connectivity index (χ2v) is 7.46. The van der Waals surface area contributed by atoms with Crippen molar-refractivity contribution in [1.82, 2.24) is 15.1 Å². The maximum atomic E-state index is 12.2. The van der Waals surface area contributed by atoms with Gasteiger partial charge in [-0.15, -0.1) is 0 Å². The van der Waals surface area contributed by atoms with E-state index < -0.39 is 0 Å². The molecule has 6 heteroatoms. The molecule has 1 N–H and O–H groups in total. The number of benzene rings is 1. The minimum atomic E-state index is -0.0653. The second kappa shape index (κ2) is 8.12. The summed E-state index contributed by atoms with van der Waals surface area (Å²) in [5.41, 5.74) is 1.24. The number of likely N-dealkylation sites (tertiary alicyclic amines) is 2. The molecule has 24 heavy (non-hydrogen) atoms. The van der Waals surface area contributed by atoms with Crippen molar-refractivity contribution in [2.45, 2.75) is 31.7 Å². The lowest BCUT2D eigenvalue weighted by Gasteiger charge is -2.24. The number of hydrogen-bond donors (Lipinski definition) is 1. The summed E-state index contributed by atoms with van der Waals surface area (Å²) < 4.78 is 1.06. The minimum absolute atomic E-state index is 0.0332. The van der Waals surface area contributed by atoms with Crippen molar-refractivity contribution in [2.24, 2.45) is 0 Å². The summed E-state index contributed by atoms with van der Waals surface area (Å²) in [6.07, 6.45) is 4.30. The van der Waals surface area contributed by atoms with Gasteiger partial charge in [-0.1, -0.05) is 28.1 Å². The number of carbonyl (C=O) groups is 2. The average Bonchev–Trinajstić information content (AvgIpc) is 3.24. The molecule has 130 valence electrons. The van der Waals surface area contributed by atoms with Crippen LogP contribution in [0.15, 0.2) is 28.7 Å². The molecule has 2 aliphatic rings. The third kappa shape index (κ3) is 4.36. The number of amides is 2. The molecule has 0 saturated carbocycles. The zero-order valence-electron chi connectivity index (χ0n) is 13.8. The molecule has 2 fully saturated rings. The first-order valence-corrected chi connectivity index (χ1v) is 9.47. The predicted octanol–water partition coefficient (Wildman–Crippen LogP) is 2.32. The van der Waals surface area contributed by atoms with Crippen LogP contribution in [-0.2, 0) is 9.59 Å².